The Morgan fingerprint density at radius 2 is 1.94 bits per heavy atom. The lowest BCUT2D eigenvalue weighted by molar-refractivity contribution is -0.0261. The molecule has 3 aromatic rings. The lowest BCUT2D eigenvalue weighted by atomic mass is 10.0. The van der Waals surface area contributed by atoms with Crippen LogP contribution in [0.25, 0.3) is 10.9 Å². The van der Waals surface area contributed by atoms with Gasteiger partial charge in [-0.2, -0.15) is 0 Å². The number of methoxy groups -OCH3 is 1. The summed E-state index contributed by atoms with van der Waals surface area (Å²) >= 11 is 0. The van der Waals surface area contributed by atoms with Crippen molar-refractivity contribution in [2.75, 3.05) is 20.3 Å². The number of ether oxygens (including phenoxy) is 2. The fourth-order valence-electron chi connectivity index (χ4n) is 3.80. The first-order valence-corrected chi connectivity index (χ1v) is 10.1. The molecule has 1 saturated heterocycles. The van der Waals surface area contributed by atoms with Gasteiger partial charge in [0.05, 0.1) is 36.8 Å². The van der Waals surface area contributed by atoms with Gasteiger partial charge in [0, 0.05) is 19.3 Å². The molecule has 1 amide bonds. The molecular formula is C23H22F2N2O5. The zero-order valence-electron chi connectivity index (χ0n) is 17.3. The zero-order valence-corrected chi connectivity index (χ0v) is 17.3. The summed E-state index contributed by atoms with van der Waals surface area (Å²) in [7, 11) is 1.53. The van der Waals surface area contributed by atoms with E-state index in [4.69, 9.17) is 9.47 Å². The van der Waals surface area contributed by atoms with Crippen molar-refractivity contribution in [2.24, 2.45) is 0 Å². The smallest absolute Gasteiger partial charge is 0.257 e. The summed E-state index contributed by atoms with van der Waals surface area (Å²) in [5, 5.41) is 12.2. The van der Waals surface area contributed by atoms with E-state index in [0.29, 0.717) is 18.8 Å². The van der Waals surface area contributed by atoms with Crippen LogP contribution in [0.2, 0.25) is 0 Å². The summed E-state index contributed by atoms with van der Waals surface area (Å²) in [6, 6.07) is 8.13. The van der Waals surface area contributed by atoms with Crippen LogP contribution in [-0.4, -0.2) is 48.1 Å². The van der Waals surface area contributed by atoms with Gasteiger partial charge in [0.15, 0.2) is 0 Å². The second kappa shape index (κ2) is 9.05. The first kappa shape index (κ1) is 21.9. The average molecular weight is 444 g/mol. The van der Waals surface area contributed by atoms with Gasteiger partial charge in [-0.15, -0.1) is 0 Å². The van der Waals surface area contributed by atoms with E-state index in [9.17, 15) is 23.5 Å². The van der Waals surface area contributed by atoms with Crippen molar-refractivity contribution >= 4 is 16.8 Å². The second-order valence-electron chi connectivity index (χ2n) is 7.61. The number of nitrogens with one attached hydrogen (secondary N) is 1. The Hall–Kier alpha value is -3.30. The molecule has 168 valence electrons. The van der Waals surface area contributed by atoms with Crippen molar-refractivity contribution in [3.63, 3.8) is 0 Å². The fourth-order valence-corrected chi connectivity index (χ4v) is 3.80. The van der Waals surface area contributed by atoms with Gasteiger partial charge in [-0.3, -0.25) is 9.59 Å². The Kier molecular flexibility index (Phi) is 6.20. The van der Waals surface area contributed by atoms with E-state index in [1.165, 1.54) is 17.9 Å². The zero-order chi connectivity index (χ0) is 22.8. The van der Waals surface area contributed by atoms with Gasteiger partial charge in [-0.25, -0.2) is 8.78 Å². The van der Waals surface area contributed by atoms with Gasteiger partial charge < -0.3 is 24.5 Å². The van der Waals surface area contributed by atoms with Crippen LogP contribution in [0.3, 0.4) is 0 Å². The highest BCUT2D eigenvalue weighted by Crippen LogP contribution is 2.22. The number of aliphatic hydroxyl groups is 1. The molecule has 2 aromatic carbocycles. The molecule has 2 unspecified atom stereocenters. The summed E-state index contributed by atoms with van der Waals surface area (Å²) in [6.07, 6.45) is 0.658. The van der Waals surface area contributed by atoms with Crippen molar-refractivity contribution < 1.29 is 28.2 Å². The molecule has 1 aromatic heterocycles. The van der Waals surface area contributed by atoms with E-state index >= 15 is 0 Å². The van der Waals surface area contributed by atoms with Gasteiger partial charge in [0.25, 0.3) is 5.91 Å². The van der Waals surface area contributed by atoms with Crippen LogP contribution in [-0.2, 0) is 11.3 Å². The van der Waals surface area contributed by atoms with Crippen LogP contribution in [0.4, 0.5) is 8.78 Å². The Morgan fingerprint density at radius 3 is 2.62 bits per heavy atom. The number of pyridine rings is 1. The number of fused-ring (bicyclic) bond motifs is 1. The van der Waals surface area contributed by atoms with Crippen LogP contribution in [0.5, 0.6) is 5.75 Å². The third-order valence-electron chi connectivity index (χ3n) is 5.52. The molecule has 32 heavy (non-hydrogen) atoms. The number of aromatic nitrogens is 1. The van der Waals surface area contributed by atoms with Gasteiger partial charge in [-0.1, -0.05) is 12.1 Å². The van der Waals surface area contributed by atoms with Crippen molar-refractivity contribution in [3.8, 4) is 5.75 Å². The SMILES string of the molecule is COc1ccc(Cn2cc(C(=O)NC3CCOCC3O)c(=O)c3c(F)ccc(F)c32)cc1. The summed E-state index contributed by atoms with van der Waals surface area (Å²) in [4.78, 5) is 25.9. The van der Waals surface area contributed by atoms with E-state index in [1.54, 1.807) is 24.3 Å². The molecule has 1 aliphatic heterocycles. The quantitative estimate of drug-likeness (QED) is 0.630. The second-order valence-corrected chi connectivity index (χ2v) is 7.61. The maximum Gasteiger partial charge on any atom is 0.257 e. The van der Waals surface area contributed by atoms with Crippen molar-refractivity contribution in [1.29, 1.82) is 0 Å². The number of amides is 1. The fraction of sp³-hybridized carbons (Fsp3) is 0.304. The normalized spacial score (nSPS) is 18.5. The number of hydrogen-bond acceptors (Lipinski definition) is 5. The third kappa shape index (κ3) is 4.21. The van der Waals surface area contributed by atoms with Gasteiger partial charge >= 0.3 is 0 Å². The Morgan fingerprint density at radius 1 is 1.22 bits per heavy atom. The monoisotopic (exact) mass is 444 g/mol. The van der Waals surface area contributed by atoms with E-state index in [1.807, 2.05) is 0 Å². The lowest BCUT2D eigenvalue weighted by Gasteiger charge is -2.28. The van der Waals surface area contributed by atoms with Gasteiger partial charge in [0.2, 0.25) is 5.43 Å². The first-order valence-electron chi connectivity index (χ1n) is 10.1. The van der Waals surface area contributed by atoms with Crippen LogP contribution >= 0.6 is 0 Å². The number of rotatable bonds is 5. The Labute approximate surface area is 182 Å². The molecule has 0 saturated carbocycles. The van der Waals surface area contributed by atoms with Crippen LogP contribution in [0.15, 0.2) is 47.4 Å². The Bertz CT molecular complexity index is 1210. The highest BCUT2D eigenvalue weighted by Gasteiger charge is 2.27. The topological polar surface area (TPSA) is 89.8 Å². The minimum Gasteiger partial charge on any atom is -0.497 e. The van der Waals surface area contributed by atoms with E-state index < -0.39 is 40.5 Å². The summed E-state index contributed by atoms with van der Waals surface area (Å²) in [5.41, 5.74) is -0.754. The summed E-state index contributed by atoms with van der Waals surface area (Å²) in [5.74, 6) is -1.84. The van der Waals surface area contributed by atoms with Crippen LogP contribution in [0.1, 0.15) is 22.3 Å². The van der Waals surface area contributed by atoms with E-state index in [2.05, 4.69) is 5.32 Å². The van der Waals surface area contributed by atoms with Crippen molar-refractivity contribution in [2.45, 2.75) is 25.1 Å². The molecule has 0 aliphatic carbocycles. The highest BCUT2D eigenvalue weighted by molar-refractivity contribution is 5.97. The number of benzene rings is 2. The lowest BCUT2D eigenvalue weighted by Crippen LogP contribution is -2.49. The number of halogens is 2. The molecule has 2 N–H and O–H groups in total. The molecule has 0 spiro atoms. The standard InChI is InChI=1S/C23H22F2N2O5/c1-31-14-4-2-13(3-5-14)10-27-11-15(23(30)26-18-8-9-32-12-19(18)28)22(29)20-16(24)6-7-17(25)21(20)27/h2-7,11,18-19,28H,8-10,12H2,1H3,(H,26,30). The minimum atomic E-state index is -0.927. The van der Waals surface area contributed by atoms with Crippen molar-refractivity contribution in [3.05, 3.63) is 75.6 Å². The van der Waals surface area contributed by atoms with E-state index in [-0.39, 0.29) is 24.2 Å². The molecule has 9 heteroatoms. The molecule has 4 rings (SSSR count). The van der Waals surface area contributed by atoms with Gasteiger partial charge in [-0.05, 0) is 36.2 Å². The predicted octanol–water partition coefficient (Wildman–Crippen LogP) is 2.22. The van der Waals surface area contributed by atoms with Gasteiger partial charge in [0.1, 0.15) is 22.9 Å². The molecule has 1 fully saturated rings. The number of nitrogens with zero attached hydrogens (tertiary/aromatic N) is 1. The van der Waals surface area contributed by atoms with Crippen LogP contribution in [0, 0.1) is 11.6 Å². The predicted molar refractivity (Wildman–Crippen MR) is 113 cm³/mol. The average Bonchev–Trinajstić information content (AvgIpc) is 2.79. The first-order chi connectivity index (χ1) is 15.4. The summed E-state index contributed by atoms with van der Waals surface area (Å²) in [6.45, 7) is 0.493. The van der Waals surface area contributed by atoms with E-state index in [0.717, 1.165) is 17.7 Å². The molecule has 1 aliphatic rings. The summed E-state index contributed by atoms with van der Waals surface area (Å²) < 4.78 is 40.9. The largest absolute Gasteiger partial charge is 0.497 e. The molecular weight excluding hydrogens is 422 g/mol. The maximum absolute atomic E-state index is 14.7. The van der Waals surface area contributed by atoms with Crippen LogP contribution < -0.4 is 15.5 Å². The maximum atomic E-state index is 14.7. The van der Waals surface area contributed by atoms with Crippen molar-refractivity contribution in [1.82, 2.24) is 9.88 Å². The number of carbonyl (C=O) groups is 1. The molecule has 7 nitrogen and oxygen atoms in total. The Balaban J connectivity index is 1.79. The third-order valence-corrected chi connectivity index (χ3v) is 5.52. The molecule has 2 heterocycles. The minimum absolute atomic E-state index is 0.0597. The number of hydrogen-bond donors (Lipinski definition) is 2. The molecule has 2 atom stereocenters. The molecule has 0 bridgehead atoms. The molecule has 0 radical (unpaired) electrons. The highest BCUT2D eigenvalue weighted by atomic mass is 19.1. The number of aliphatic hydroxyl groups excluding tert-OH is 1. The number of carbonyl (C=O) groups excluding carboxylic acids is 1.